The number of aliphatic carboxylic acids is 2. The molecule has 0 heterocycles. The zero-order chi connectivity index (χ0) is 10.9. The molecule has 0 aromatic rings. The Morgan fingerprint density at radius 2 is 2.07 bits per heavy atom. The van der Waals surface area contributed by atoms with E-state index in [4.69, 9.17) is 20.7 Å². The van der Waals surface area contributed by atoms with Crippen molar-refractivity contribution in [3.8, 4) is 0 Å². The molecule has 1 fully saturated rings. The molecule has 0 bridgehead atoms. The molecule has 4 atom stereocenters. The number of hydrogen-bond acceptors (Lipinski definition) is 4. The molecule has 6 heteroatoms. The molecule has 0 unspecified atom stereocenters. The minimum absolute atomic E-state index is 0.239. The Morgan fingerprint density at radius 3 is 2.43 bits per heavy atom. The van der Waals surface area contributed by atoms with E-state index in [0.29, 0.717) is 0 Å². The highest BCUT2D eigenvalue weighted by atomic mass is 16.5. The summed E-state index contributed by atoms with van der Waals surface area (Å²) in [6.07, 6.45) is 0. The fraction of sp³-hybridized carbons (Fsp3) is 0.750. The first kappa shape index (κ1) is 10.9. The van der Waals surface area contributed by atoms with Gasteiger partial charge in [0.15, 0.2) is 0 Å². The Labute approximate surface area is 80.7 Å². The van der Waals surface area contributed by atoms with E-state index in [1.807, 2.05) is 0 Å². The summed E-state index contributed by atoms with van der Waals surface area (Å²) in [4.78, 5) is 21.2. The molecule has 0 aromatic heterocycles. The third-order valence-corrected chi connectivity index (χ3v) is 2.57. The number of nitrogens with two attached hydrogens (primary N) is 1. The number of methoxy groups -OCH3 is 1. The van der Waals surface area contributed by atoms with Crippen LogP contribution >= 0.6 is 0 Å². The lowest BCUT2D eigenvalue weighted by molar-refractivity contribution is -0.140. The van der Waals surface area contributed by atoms with Crippen molar-refractivity contribution in [3.63, 3.8) is 0 Å². The van der Waals surface area contributed by atoms with Crippen LogP contribution in [0.25, 0.3) is 0 Å². The second-order valence-electron chi connectivity index (χ2n) is 3.42. The van der Waals surface area contributed by atoms with E-state index in [1.165, 1.54) is 7.11 Å². The van der Waals surface area contributed by atoms with Gasteiger partial charge in [0.25, 0.3) is 0 Å². The predicted octanol–water partition coefficient (Wildman–Crippen LogP) is -1.01. The quantitative estimate of drug-likeness (QED) is 0.528. The summed E-state index contributed by atoms with van der Waals surface area (Å²) in [5.74, 6) is -3.64. The zero-order valence-electron chi connectivity index (χ0n) is 7.71. The van der Waals surface area contributed by atoms with E-state index in [0.717, 1.165) is 0 Å². The Balaban J connectivity index is 2.62. The van der Waals surface area contributed by atoms with Gasteiger partial charge in [-0.05, 0) is 0 Å². The van der Waals surface area contributed by atoms with Gasteiger partial charge in [-0.15, -0.1) is 0 Å². The van der Waals surface area contributed by atoms with Crippen LogP contribution in [0, 0.1) is 17.8 Å². The molecule has 4 N–H and O–H groups in total. The van der Waals surface area contributed by atoms with Gasteiger partial charge >= 0.3 is 11.9 Å². The average molecular weight is 203 g/mol. The first-order valence-corrected chi connectivity index (χ1v) is 4.20. The predicted molar refractivity (Wildman–Crippen MR) is 45.6 cm³/mol. The van der Waals surface area contributed by atoms with Gasteiger partial charge in [0.1, 0.15) is 6.04 Å². The Morgan fingerprint density at radius 1 is 1.50 bits per heavy atom. The van der Waals surface area contributed by atoms with Crippen molar-refractivity contribution < 1.29 is 24.5 Å². The smallest absolute Gasteiger partial charge is 0.320 e. The summed E-state index contributed by atoms with van der Waals surface area (Å²) in [6.45, 7) is 0.239. The van der Waals surface area contributed by atoms with Crippen LogP contribution in [-0.2, 0) is 14.3 Å². The van der Waals surface area contributed by atoms with Gasteiger partial charge in [0, 0.05) is 18.9 Å². The van der Waals surface area contributed by atoms with E-state index in [1.54, 1.807) is 0 Å². The summed E-state index contributed by atoms with van der Waals surface area (Å²) >= 11 is 0. The Kier molecular flexibility index (Phi) is 3.07. The van der Waals surface area contributed by atoms with Gasteiger partial charge in [0.05, 0.1) is 12.5 Å². The molecule has 1 aliphatic carbocycles. The van der Waals surface area contributed by atoms with E-state index < -0.39 is 29.8 Å². The molecule has 0 saturated heterocycles. The number of carboxylic acids is 2. The maximum Gasteiger partial charge on any atom is 0.320 e. The van der Waals surface area contributed by atoms with Crippen LogP contribution in [0.3, 0.4) is 0 Å². The maximum atomic E-state index is 10.7. The van der Waals surface area contributed by atoms with Gasteiger partial charge < -0.3 is 20.7 Å². The summed E-state index contributed by atoms with van der Waals surface area (Å²) in [6, 6.07) is -1.11. The molecular weight excluding hydrogens is 190 g/mol. The summed E-state index contributed by atoms with van der Waals surface area (Å²) in [7, 11) is 1.45. The molecule has 6 nitrogen and oxygen atoms in total. The lowest BCUT2D eigenvalue weighted by atomic mass is 10.1. The minimum atomic E-state index is -1.17. The van der Waals surface area contributed by atoms with Gasteiger partial charge in [-0.25, -0.2) is 0 Å². The first-order chi connectivity index (χ1) is 6.50. The van der Waals surface area contributed by atoms with Gasteiger partial charge in [-0.3, -0.25) is 9.59 Å². The van der Waals surface area contributed by atoms with Gasteiger partial charge in [-0.1, -0.05) is 0 Å². The number of carboxylic acid groups (broad SMARTS) is 2. The van der Waals surface area contributed by atoms with Crippen LogP contribution in [0.4, 0.5) is 0 Å². The molecule has 14 heavy (non-hydrogen) atoms. The molecule has 0 radical (unpaired) electrons. The normalized spacial score (nSPS) is 32.3. The molecule has 1 rings (SSSR count). The lowest BCUT2D eigenvalue weighted by Crippen LogP contribution is -2.34. The molecule has 0 spiro atoms. The maximum absolute atomic E-state index is 10.7. The van der Waals surface area contributed by atoms with Crippen molar-refractivity contribution in [2.24, 2.45) is 23.5 Å². The van der Waals surface area contributed by atoms with Crippen molar-refractivity contribution in [2.75, 3.05) is 13.7 Å². The monoisotopic (exact) mass is 203 g/mol. The minimum Gasteiger partial charge on any atom is -0.481 e. The van der Waals surface area contributed by atoms with Crippen LogP contribution in [0.15, 0.2) is 0 Å². The highest BCUT2D eigenvalue weighted by molar-refractivity contribution is 5.80. The number of rotatable bonds is 5. The number of hydrogen-bond donors (Lipinski definition) is 3. The van der Waals surface area contributed by atoms with Crippen molar-refractivity contribution in [1.29, 1.82) is 0 Å². The number of carbonyl (C=O) groups is 2. The summed E-state index contributed by atoms with van der Waals surface area (Å²) in [5, 5.41) is 17.4. The standard InChI is InChI=1S/C8H13NO5/c1-14-2-3-4(5(3)7(10)11)6(9)8(12)13/h3-6H,2,9H2,1H3,(H,10,11)(H,12,13)/t3-,4-,5+,6+/m1/s1. The zero-order valence-corrected chi connectivity index (χ0v) is 7.71. The highest BCUT2D eigenvalue weighted by Gasteiger charge is 2.59. The Hall–Kier alpha value is -1.14. The van der Waals surface area contributed by atoms with Crippen molar-refractivity contribution in [2.45, 2.75) is 6.04 Å². The number of ether oxygens (including phenoxy) is 1. The SMILES string of the molecule is COC[C@H]1[C@H](C(=O)O)[C@@H]1[C@H](N)C(=O)O. The molecule has 1 aliphatic rings. The van der Waals surface area contributed by atoms with E-state index in [2.05, 4.69) is 0 Å². The van der Waals surface area contributed by atoms with Gasteiger partial charge in [0.2, 0.25) is 0 Å². The third-order valence-electron chi connectivity index (χ3n) is 2.57. The topological polar surface area (TPSA) is 110 Å². The highest BCUT2D eigenvalue weighted by Crippen LogP contribution is 2.48. The van der Waals surface area contributed by atoms with E-state index >= 15 is 0 Å². The van der Waals surface area contributed by atoms with E-state index in [9.17, 15) is 9.59 Å². The van der Waals surface area contributed by atoms with Crippen LogP contribution < -0.4 is 5.73 Å². The average Bonchev–Trinajstić information content (AvgIpc) is 2.78. The van der Waals surface area contributed by atoms with Crippen LogP contribution in [0.2, 0.25) is 0 Å². The molecular formula is C8H13NO5. The lowest BCUT2D eigenvalue weighted by Gasteiger charge is -2.03. The molecule has 0 aliphatic heterocycles. The molecule has 0 amide bonds. The van der Waals surface area contributed by atoms with Crippen molar-refractivity contribution >= 4 is 11.9 Å². The van der Waals surface area contributed by atoms with Crippen molar-refractivity contribution in [3.05, 3.63) is 0 Å². The summed E-state index contributed by atoms with van der Waals surface area (Å²) in [5.41, 5.74) is 5.35. The largest absolute Gasteiger partial charge is 0.481 e. The summed E-state index contributed by atoms with van der Waals surface area (Å²) < 4.78 is 4.79. The molecule has 80 valence electrons. The second-order valence-corrected chi connectivity index (χ2v) is 3.42. The van der Waals surface area contributed by atoms with Crippen LogP contribution in [0.5, 0.6) is 0 Å². The van der Waals surface area contributed by atoms with Crippen molar-refractivity contribution in [1.82, 2.24) is 0 Å². The van der Waals surface area contributed by atoms with Gasteiger partial charge in [-0.2, -0.15) is 0 Å². The third kappa shape index (κ3) is 1.85. The van der Waals surface area contributed by atoms with E-state index in [-0.39, 0.29) is 12.5 Å². The first-order valence-electron chi connectivity index (χ1n) is 4.20. The fourth-order valence-corrected chi connectivity index (χ4v) is 1.81. The Bertz CT molecular complexity index is 254. The second kappa shape index (κ2) is 3.93. The molecule has 1 saturated carbocycles. The fourth-order valence-electron chi connectivity index (χ4n) is 1.81. The van der Waals surface area contributed by atoms with Crippen LogP contribution in [-0.4, -0.2) is 41.9 Å². The van der Waals surface area contributed by atoms with Crippen LogP contribution in [0.1, 0.15) is 0 Å². The molecule has 0 aromatic carbocycles.